The van der Waals surface area contributed by atoms with Gasteiger partial charge in [-0.05, 0) is 52.5 Å². The highest BCUT2D eigenvalue weighted by Gasteiger charge is 2.32. The lowest BCUT2D eigenvalue weighted by atomic mass is 9.85. The van der Waals surface area contributed by atoms with Gasteiger partial charge in [-0.1, -0.05) is 17.3 Å². The lowest BCUT2D eigenvalue weighted by molar-refractivity contribution is -0.138. The Labute approximate surface area is 220 Å². The first-order chi connectivity index (χ1) is 18.3. The highest BCUT2D eigenvalue weighted by molar-refractivity contribution is 5.80. The molecule has 0 saturated heterocycles. The summed E-state index contributed by atoms with van der Waals surface area (Å²) in [5, 5.41) is 30.9. The Morgan fingerprint density at radius 3 is 2.68 bits per heavy atom. The van der Waals surface area contributed by atoms with Crippen LogP contribution in [-0.4, -0.2) is 68.2 Å². The third-order valence-corrected chi connectivity index (χ3v) is 7.65. The van der Waals surface area contributed by atoms with E-state index in [-0.39, 0.29) is 17.9 Å². The van der Waals surface area contributed by atoms with Crippen LogP contribution in [0.2, 0.25) is 0 Å². The van der Waals surface area contributed by atoms with Crippen LogP contribution in [0.25, 0.3) is 16.9 Å². The summed E-state index contributed by atoms with van der Waals surface area (Å²) in [4.78, 5) is 24.2. The number of aromatic nitrogens is 8. The number of carbonyl (C=O) groups is 1. The van der Waals surface area contributed by atoms with E-state index in [4.69, 9.17) is 0 Å². The largest absolute Gasteiger partial charge is 0.386 e. The van der Waals surface area contributed by atoms with Gasteiger partial charge in [-0.25, -0.2) is 4.98 Å². The smallest absolute Gasteiger partial charge is 0.226 e. The summed E-state index contributed by atoms with van der Waals surface area (Å²) in [7, 11) is 0. The SMILES string of the molecule is Cc1nnc2n1CCN(C(=O)C1CCC(Nc3nccc(-n4nnc5c(C(C)(C)O)cccc54)n3)CC1)C2. The van der Waals surface area contributed by atoms with Gasteiger partial charge in [-0.15, -0.1) is 15.3 Å². The summed E-state index contributed by atoms with van der Waals surface area (Å²) in [6.07, 6.45) is 5.09. The second-order valence-corrected chi connectivity index (χ2v) is 10.7. The molecule has 1 amide bonds. The molecule has 1 aromatic carbocycles. The number of carbonyl (C=O) groups excluding carboxylic acids is 1. The topological polar surface area (TPSA) is 140 Å². The van der Waals surface area contributed by atoms with Crippen LogP contribution in [0.4, 0.5) is 5.95 Å². The average Bonchev–Trinajstić information content (AvgIpc) is 3.51. The van der Waals surface area contributed by atoms with E-state index in [1.807, 2.05) is 30.0 Å². The van der Waals surface area contributed by atoms with Gasteiger partial charge in [0.05, 0.1) is 17.7 Å². The van der Waals surface area contributed by atoms with E-state index in [2.05, 4.69) is 40.4 Å². The molecule has 3 aromatic heterocycles. The Balaban J connectivity index is 1.10. The summed E-state index contributed by atoms with van der Waals surface area (Å²) in [5.74, 6) is 3.13. The molecule has 12 heteroatoms. The molecule has 2 aliphatic rings. The van der Waals surface area contributed by atoms with Crippen molar-refractivity contribution in [3.05, 3.63) is 47.7 Å². The number of rotatable bonds is 5. The van der Waals surface area contributed by atoms with E-state index in [0.29, 0.717) is 35.9 Å². The number of aryl methyl sites for hydroxylation is 1. The molecule has 0 bridgehead atoms. The van der Waals surface area contributed by atoms with E-state index in [1.54, 1.807) is 30.8 Å². The lowest BCUT2D eigenvalue weighted by Crippen LogP contribution is -2.43. The average molecular weight is 517 g/mol. The Bertz CT molecular complexity index is 1480. The van der Waals surface area contributed by atoms with Gasteiger partial charge >= 0.3 is 0 Å². The van der Waals surface area contributed by atoms with Gasteiger partial charge in [0, 0.05) is 42.9 Å². The number of anilines is 1. The zero-order chi connectivity index (χ0) is 26.4. The van der Waals surface area contributed by atoms with Crippen LogP contribution in [-0.2, 0) is 23.5 Å². The van der Waals surface area contributed by atoms with E-state index < -0.39 is 5.60 Å². The predicted molar refractivity (Wildman–Crippen MR) is 139 cm³/mol. The van der Waals surface area contributed by atoms with E-state index in [0.717, 1.165) is 49.4 Å². The maximum absolute atomic E-state index is 13.2. The van der Waals surface area contributed by atoms with Gasteiger partial charge < -0.3 is 19.9 Å². The summed E-state index contributed by atoms with van der Waals surface area (Å²) in [6.45, 7) is 7.41. The van der Waals surface area contributed by atoms with E-state index in [9.17, 15) is 9.90 Å². The Hall–Kier alpha value is -3.93. The monoisotopic (exact) mass is 516 g/mol. The third kappa shape index (κ3) is 4.49. The normalized spacial score (nSPS) is 19.9. The second-order valence-electron chi connectivity index (χ2n) is 10.7. The molecule has 6 rings (SSSR count). The molecule has 1 aliphatic heterocycles. The first kappa shape index (κ1) is 24.4. The number of aliphatic hydroxyl groups is 1. The molecular formula is C26H32N10O2. The van der Waals surface area contributed by atoms with Crippen LogP contribution in [0.1, 0.15) is 56.7 Å². The molecule has 4 heterocycles. The van der Waals surface area contributed by atoms with Gasteiger partial charge in [0.1, 0.15) is 11.3 Å². The molecule has 1 fully saturated rings. The molecule has 198 valence electrons. The molecule has 38 heavy (non-hydrogen) atoms. The van der Waals surface area contributed by atoms with Crippen molar-refractivity contribution in [2.45, 2.75) is 71.2 Å². The first-order valence-corrected chi connectivity index (χ1v) is 13.1. The fraction of sp³-hybridized carbons (Fsp3) is 0.500. The van der Waals surface area contributed by atoms with Gasteiger partial charge in [0.15, 0.2) is 11.6 Å². The molecule has 2 N–H and O–H groups in total. The highest BCUT2D eigenvalue weighted by atomic mass is 16.3. The quantitative estimate of drug-likeness (QED) is 0.409. The van der Waals surface area contributed by atoms with Crippen molar-refractivity contribution in [1.82, 2.24) is 44.6 Å². The van der Waals surface area contributed by atoms with Crippen LogP contribution in [0, 0.1) is 12.8 Å². The molecule has 0 atom stereocenters. The number of hydrogen-bond acceptors (Lipinski definition) is 9. The minimum atomic E-state index is -1.04. The zero-order valence-electron chi connectivity index (χ0n) is 21.9. The van der Waals surface area contributed by atoms with Crippen LogP contribution >= 0.6 is 0 Å². The molecular weight excluding hydrogens is 484 g/mol. The molecule has 1 aliphatic carbocycles. The van der Waals surface area contributed by atoms with Crippen molar-refractivity contribution < 1.29 is 9.90 Å². The molecule has 1 saturated carbocycles. The summed E-state index contributed by atoms with van der Waals surface area (Å²) in [5.41, 5.74) is 1.08. The highest BCUT2D eigenvalue weighted by Crippen LogP contribution is 2.30. The molecule has 0 radical (unpaired) electrons. The Kier molecular flexibility index (Phi) is 6.05. The minimum Gasteiger partial charge on any atom is -0.386 e. The lowest BCUT2D eigenvalue weighted by Gasteiger charge is -2.34. The number of nitrogens with one attached hydrogen (secondary N) is 1. The zero-order valence-corrected chi connectivity index (χ0v) is 21.9. The maximum Gasteiger partial charge on any atom is 0.226 e. The second kappa shape index (κ2) is 9.43. The van der Waals surface area contributed by atoms with E-state index >= 15 is 0 Å². The number of nitrogens with zero attached hydrogens (tertiary/aromatic N) is 9. The number of fused-ring (bicyclic) bond motifs is 2. The van der Waals surface area contributed by atoms with E-state index in [1.165, 1.54) is 0 Å². The number of hydrogen-bond donors (Lipinski definition) is 2. The van der Waals surface area contributed by atoms with Crippen LogP contribution in [0.15, 0.2) is 30.5 Å². The van der Waals surface area contributed by atoms with Crippen LogP contribution in [0.3, 0.4) is 0 Å². The van der Waals surface area contributed by atoms with Crippen molar-refractivity contribution in [3.63, 3.8) is 0 Å². The fourth-order valence-corrected chi connectivity index (χ4v) is 5.56. The van der Waals surface area contributed by atoms with Crippen molar-refractivity contribution >= 4 is 22.9 Å². The number of amides is 1. The van der Waals surface area contributed by atoms with Crippen molar-refractivity contribution in [1.29, 1.82) is 0 Å². The van der Waals surface area contributed by atoms with Gasteiger partial charge in [-0.3, -0.25) is 4.79 Å². The third-order valence-electron chi connectivity index (χ3n) is 7.65. The predicted octanol–water partition coefficient (Wildman–Crippen LogP) is 2.35. The number of benzene rings is 1. The minimum absolute atomic E-state index is 0.0300. The summed E-state index contributed by atoms with van der Waals surface area (Å²) >= 11 is 0. The summed E-state index contributed by atoms with van der Waals surface area (Å²) in [6, 6.07) is 7.62. The Morgan fingerprint density at radius 1 is 1.08 bits per heavy atom. The molecule has 12 nitrogen and oxygen atoms in total. The van der Waals surface area contributed by atoms with Gasteiger partial charge in [0.25, 0.3) is 0 Å². The molecule has 0 spiro atoms. The van der Waals surface area contributed by atoms with Crippen molar-refractivity contribution in [3.8, 4) is 5.82 Å². The van der Waals surface area contributed by atoms with Crippen LogP contribution in [0.5, 0.6) is 0 Å². The molecule has 0 unspecified atom stereocenters. The Morgan fingerprint density at radius 2 is 1.89 bits per heavy atom. The van der Waals surface area contributed by atoms with Crippen LogP contribution < -0.4 is 5.32 Å². The standard InChI is InChI=1S/C26H32N10O2/c1-16-30-31-22-15-34(13-14-35(16)22)24(37)17-7-9-18(10-8-17)28-25-27-12-11-21(29-25)36-20-6-4-5-19(26(2,3)38)23(20)32-33-36/h4-6,11-12,17-18,38H,7-10,13-15H2,1-3H3,(H,27,28,29). The maximum atomic E-state index is 13.2. The first-order valence-electron chi connectivity index (χ1n) is 13.1. The fourth-order valence-electron chi connectivity index (χ4n) is 5.56. The van der Waals surface area contributed by atoms with Gasteiger partial charge in [-0.2, -0.15) is 9.67 Å². The summed E-state index contributed by atoms with van der Waals surface area (Å²) < 4.78 is 3.75. The molecule has 4 aromatic rings. The van der Waals surface area contributed by atoms with Crippen molar-refractivity contribution in [2.75, 3.05) is 11.9 Å². The van der Waals surface area contributed by atoms with Crippen molar-refractivity contribution in [2.24, 2.45) is 5.92 Å². The van der Waals surface area contributed by atoms with Gasteiger partial charge in [0.2, 0.25) is 11.9 Å².